The van der Waals surface area contributed by atoms with Gasteiger partial charge in [-0.25, -0.2) is 4.68 Å². The minimum Gasteiger partial charge on any atom is -0.323 e. The highest BCUT2D eigenvalue weighted by molar-refractivity contribution is 6.31. The molecule has 1 aromatic carbocycles. The minimum absolute atomic E-state index is 0.109. The third kappa shape index (κ3) is 3.62. The van der Waals surface area contributed by atoms with E-state index in [9.17, 15) is 4.79 Å². The van der Waals surface area contributed by atoms with E-state index in [0.29, 0.717) is 10.7 Å². The van der Waals surface area contributed by atoms with Crippen molar-refractivity contribution in [2.75, 3.05) is 5.32 Å². The van der Waals surface area contributed by atoms with Crippen molar-refractivity contribution in [1.29, 1.82) is 0 Å². The Morgan fingerprint density at radius 3 is 2.90 bits per heavy atom. The van der Waals surface area contributed by atoms with Crippen LogP contribution in [0, 0.1) is 5.92 Å². The van der Waals surface area contributed by atoms with Crippen LogP contribution in [-0.4, -0.2) is 21.7 Å². The van der Waals surface area contributed by atoms with E-state index < -0.39 is 6.04 Å². The molecule has 0 aliphatic carbocycles. The van der Waals surface area contributed by atoms with Crippen molar-refractivity contribution in [2.45, 2.75) is 26.3 Å². The van der Waals surface area contributed by atoms with Gasteiger partial charge in [-0.05, 0) is 30.2 Å². The van der Waals surface area contributed by atoms with Gasteiger partial charge in [0.2, 0.25) is 5.91 Å². The second-order valence-corrected chi connectivity index (χ2v) is 5.45. The highest BCUT2D eigenvalue weighted by Crippen LogP contribution is 2.24. The molecule has 2 rings (SSSR count). The van der Waals surface area contributed by atoms with Gasteiger partial charge in [0.1, 0.15) is 0 Å². The molecule has 0 bridgehead atoms. The van der Waals surface area contributed by atoms with Gasteiger partial charge in [-0.1, -0.05) is 31.9 Å². The van der Waals surface area contributed by atoms with E-state index in [1.54, 1.807) is 35.3 Å². The maximum atomic E-state index is 12.2. The SMILES string of the molecule is CC[C@H](C)[C@H](N)C(=O)Nc1cc(Cl)ccc1-n1cccn1. The lowest BCUT2D eigenvalue weighted by Crippen LogP contribution is -2.40. The Hall–Kier alpha value is -1.85. The first-order valence-electron chi connectivity index (χ1n) is 6.89. The van der Waals surface area contributed by atoms with Gasteiger partial charge in [0.15, 0.2) is 0 Å². The molecule has 0 aliphatic rings. The van der Waals surface area contributed by atoms with Gasteiger partial charge in [-0.2, -0.15) is 5.10 Å². The lowest BCUT2D eigenvalue weighted by Gasteiger charge is -2.19. The lowest BCUT2D eigenvalue weighted by atomic mass is 9.99. The summed E-state index contributed by atoms with van der Waals surface area (Å²) in [5.74, 6) is -0.114. The Morgan fingerprint density at radius 1 is 1.52 bits per heavy atom. The molecule has 2 aromatic rings. The Labute approximate surface area is 129 Å². The number of amides is 1. The molecule has 3 N–H and O–H groups in total. The van der Waals surface area contributed by atoms with Gasteiger partial charge in [-0.3, -0.25) is 4.79 Å². The molecule has 5 nitrogen and oxygen atoms in total. The zero-order valence-corrected chi connectivity index (χ0v) is 12.8. The molecule has 0 saturated carbocycles. The maximum Gasteiger partial charge on any atom is 0.241 e. The first-order valence-corrected chi connectivity index (χ1v) is 7.26. The van der Waals surface area contributed by atoms with Gasteiger partial charge >= 0.3 is 0 Å². The summed E-state index contributed by atoms with van der Waals surface area (Å²) in [7, 11) is 0. The molecule has 0 spiro atoms. The number of aromatic nitrogens is 2. The second-order valence-electron chi connectivity index (χ2n) is 5.01. The zero-order valence-electron chi connectivity index (χ0n) is 12.1. The summed E-state index contributed by atoms with van der Waals surface area (Å²) < 4.78 is 1.67. The van der Waals surface area contributed by atoms with E-state index in [-0.39, 0.29) is 11.8 Å². The van der Waals surface area contributed by atoms with Crippen LogP contribution in [0.15, 0.2) is 36.7 Å². The van der Waals surface area contributed by atoms with Crippen LogP contribution < -0.4 is 11.1 Å². The number of rotatable bonds is 5. The Balaban J connectivity index is 2.27. The van der Waals surface area contributed by atoms with E-state index >= 15 is 0 Å². The first kappa shape index (κ1) is 15.5. The number of halogens is 1. The number of hydrogen-bond acceptors (Lipinski definition) is 3. The number of nitrogens with two attached hydrogens (primary N) is 1. The van der Waals surface area contributed by atoms with Crippen molar-refractivity contribution < 1.29 is 4.79 Å². The largest absolute Gasteiger partial charge is 0.323 e. The van der Waals surface area contributed by atoms with Crippen LogP contribution in [0.2, 0.25) is 5.02 Å². The number of carbonyl (C=O) groups is 1. The minimum atomic E-state index is -0.556. The summed E-state index contributed by atoms with van der Waals surface area (Å²) in [6.07, 6.45) is 4.31. The molecule has 1 amide bonds. The van der Waals surface area contributed by atoms with Crippen molar-refractivity contribution in [2.24, 2.45) is 11.7 Å². The van der Waals surface area contributed by atoms with E-state index in [2.05, 4.69) is 10.4 Å². The predicted octanol–water partition coefficient (Wildman–Crippen LogP) is 2.84. The number of benzene rings is 1. The molecule has 0 radical (unpaired) electrons. The zero-order chi connectivity index (χ0) is 15.4. The van der Waals surface area contributed by atoms with Crippen molar-refractivity contribution in [3.05, 3.63) is 41.7 Å². The smallest absolute Gasteiger partial charge is 0.241 e. The summed E-state index contributed by atoms with van der Waals surface area (Å²) in [6, 6.07) is 6.51. The van der Waals surface area contributed by atoms with Crippen molar-refractivity contribution in [1.82, 2.24) is 9.78 Å². The summed E-state index contributed by atoms with van der Waals surface area (Å²) in [5, 5.41) is 7.56. The lowest BCUT2D eigenvalue weighted by molar-refractivity contribution is -0.118. The van der Waals surface area contributed by atoms with Gasteiger partial charge in [0.05, 0.1) is 17.4 Å². The highest BCUT2D eigenvalue weighted by Gasteiger charge is 2.20. The van der Waals surface area contributed by atoms with E-state index in [1.165, 1.54) is 0 Å². The van der Waals surface area contributed by atoms with E-state index in [1.807, 2.05) is 19.9 Å². The molecule has 6 heteroatoms. The third-order valence-corrected chi connectivity index (χ3v) is 3.76. The fourth-order valence-electron chi connectivity index (χ4n) is 1.95. The standard InChI is InChI=1S/C15H19ClN4O/c1-3-10(2)14(17)15(21)19-12-9-11(16)5-6-13(12)20-8-4-7-18-20/h4-10,14H,3,17H2,1-2H3,(H,19,21)/t10-,14-/m0/s1. The fraction of sp³-hybridized carbons (Fsp3) is 0.333. The summed E-state index contributed by atoms with van der Waals surface area (Å²) in [4.78, 5) is 12.2. The number of anilines is 1. The second kappa shape index (κ2) is 6.74. The summed E-state index contributed by atoms with van der Waals surface area (Å²) in [6.45, 7) is 3.96. The Morgan fingerprint density at radius 2 is 2.29 bits per heavy atom. The average molecular weight is 307 g/mol. The van der Waals surface area contributed by atoms with E-state index in [4.69, 9.17) is 17.3 Å². The van der Waals surface area contributed by atoms with Crippen molar-refractivity contribution in [3.63, 3.8) is 0 Å². The Kier molecular flexibility index (Phi) is 4.98. The van der Waals surface area contributed by atoms with Crippen LogP contribution >= 0.6 is 11.6 Å². The molecule has 1 heterocycles. The number of nitrogens with zero attached hydrogens (tertiary/aromatic N) is 2. The molecule has 0 fully saturated rings. The van der Waals surface area contributed by atoms with Crippen LogP contribution in [0.5, 0.6) is 0 Å². The quantitative estimate of drug-likeness (QED) is 0.892. The predicted molar refractivity (Wildman–Crippen MR) is 84.6 cm³/mol. The highest BCUT2D eigenvalue weighted by atomic mass is 35.5. The molecule has 2 atom stereocenters. The molecular formula is C15H19ClN4O. The molecule has 0 saturated heterocycles. The maximum absolute atomic E-state index is 12.2. The summed E-state index contributed by atoms with van der Waals surface area (Å²) >= 11 is 6.02. The van der Waals surface area contributed by atoms with Crippen LogP contribution in [0.1, 0.15) is 20.3 Å². The van der Waals surface area contributed by atoms with Crippen LogP contribution in [0.3, 0.4) is 0 Å². The normalized spacial score (nSPS) is 13.7. The average Bonchev–Trinajstić information content (AvgIpc) is 2.99. The molecule has 0 unspecified atom stereocenters. The number of carbonyl (C=O) groups excluding carboxylic acids is 1. The van der Waals surface area contributed by atoms with Gasteiger partial charge in [0, 0.05) is 17.4 Å². The fourth-order valence-corrected chi connectivity index (χ4v) is 2.12. The van der Waals surface area contributed by atoms with Gasteiger partial charge < -0.3 is 11.1 Å². The first-order chi connectivity index (χ1) is 10.0. The number of hydrogen-bond donors (Lipinski definition) is 2. The molecule has 1 aromatic heterocycles. The molecule has 21 heavy (non-hydrogen) atoms. The van der Waals surface area contributed by atoms with E-state index in [0.717, 1.165) is 12.1 Å². The molecule has 112 valence electrons. The van der Waals surface area contributed by atoms with Crippen molar-refractivity contribution in [3.8, 4) is 5.69 Å². The topological polar surface area (TPSA) is 72.9 Å². The third-order valence-electron chi connectivity index (χ3n) is 3.53. The molecular weight excluding hydrogens is 288 g/mol. The number of nitrogens with one attached hydrogen (secondary N) is 1. The Bertz CT molecular complexity index is 612. The van der Waals surface area contributed by atoms with Gasteiger partial charge in [-0.15, -0.1) is 0 Å². The van der Waals surface area contributed by atoms with Crippen LogP contribution in [0.25, 0.3) is 5.69 Å². The summed E-state index contributed by atoms with van der Waals surface area (Å²) in [5.41, 5.74) is 7.30. The molecule has 0 aliphatic heterocycles. The van der Waals surface area contributed by atoms with Gasteiger partial charge in [0.25, 0.3) is 0 Å². The monoisotopic (exact) mass is 306 g/mol. The van der Waals surface area contributed by atoms with Crippen LogP contribution in [-0.2, 0) is 4.79 Å². The van der Waals surface area contributed by atoms with Crippen LogP contribution in [0.4, 0.5) is 5.69 Å². The van der Waals surface area contributed by atoms with Crippen molar-refractivity contribution >= 4 is 23.2 Å².